The summed E-state index contributed by atoms with van der Waals surface area (Å²) in [7, 11) is 0. The lowest BCUT2D eigenvalue weighted by Crippen LogP contribution is -2.21. The second-order valence-corrected chi connectivity index (χ2v) is 2.56. The van der Waals surface area contributed by atoms with Crippen LogP contribution in [0.5, 0.6) is 0 Å². The summed E-state index contributed by atoms with van der Waals surface area (Å²) in [5, 5.41) is 3.28. The standard InChI is InChI=1S/C5H11N.C3H5Cl.ClH/c1-2-4-6-5-3-1;1-2-3-4;/h6H,1-5H2;2H,1,3H2;1H. The van der Waals surface area contributed by atoms with Gasteiger partial charge in [0.2, 0.25) is 0 Å². The lowest BCUT2D eigenvalue weighted by Gasteiger charge is -2.08. The van der Waals surface area contributed by atoms with Crippen molar-refractivity contribution < 1.29 is 0 Å². The van der Waals surface area contributed by atoms with Crippen molar-refractivity contribution in [2.75, 3.05) is 19.0 Å². The maximum Gasteiger partial charge on any atom is 0.0401 e. The monoisotopic (exact) mass is 197 g/mol. The molecule has 1 rings (SSSR count). The first-order valence-corrected chi connectivity index (χ1v) is 4.33. The van der Waals surface area contributed by atoms with Gasteiger partial charge in [-0.15, -0.1) is 30.6 Å². The number of piperidine rings is 1. The Kier molecular flexibility index (Phi) is 16.2. The van der Waals surface area contributed by atoms with Gasteiger partial charge in [0.25, 0.3) is 0 Å². The molecular formula is C8H17Cl2N. The Labute approximate surface area is 80.6 Å². The van der Waals surface area contributed by atoms with Gasteiger partial charge in [-0.3, -0.25) is 0 Å². The molecule has 1 nitrogen and oxygen atoms in total. The van der Waals surface area contributed by atoms with E-state index in [1.165, 1.54) is 32.4 Å². The number of allylic oxidation sites excluding steroid dienone is 1. The minimum atomic E-state index is 0. The van der Waals surface area contributed by atoms with Crippen molar-refractivity contribution in [2.24, 2.45) is 0 Å². The first kappa shape index (κ1) is 13.8. The predicted molar refractivity (Wildman–Crippen MR) is 54.9 cm³/mol. The molecule has 0 radical (unpaired) electrons. The lowest BCUT2D eigenvalue weighted by molar-refractivity contribution is 0.520. The summed E-state index contributed by atoms with van der Waals surface area (Å²) < 4.78 is 0. The van der Waals surface area contributed by atoms with E-state index in [-0.39, 0.29) is 12.4 Å². The average Bonchev–Trinajstić information content (AvgIpc) is 2.08. The van der Waals surface area contributed by atoms with Crippen LogP contribution in [0.3, 0.4) is 0 Å². The van der Waals surface area contributed by atoms with Crippen LogP contribution >= 0.6 is 24.0 Å². The summed E-state index contributed by atoms with van der Waals surface area (Å²) in [6, 6.07) is 0. The number of halogens is 2. The fraction of sp³-hybridized carbons (Fsp3) is 0.750. The third-order valence-corrected chi connectivity index (χ3v) is 1.53. The Balaban J connectivity index is 0. The third-order valence-electron chi connectivity index (χ3n) is 1.32. The van der Waals surface area contributed by atoms with Crippen LogP contribution in [-0.2, 0) is 0 Å². The van der Waals surface area contributed by atoms with Gasteiger partial charge in [-0.25, -0.2) is 0 Å². The number of hydrogen-bond donors (Lipinski definition) is 1. The molecule has 0 atom stereocenters. The predicted octanol–water partition coefficient (Wildman–Crippen LogP) is 2.59. The van der Waals surface area contributed by atoms with Crippen molar-refractivity contribution >= 4 is 24.0 Å². The SMILES string of the molecule is C1CCNCC1.C=CCCl.Cl. The van der Waals surface area contributed by atoms with Crippen LogP contribution in [0.4, 0.5) is 0 Å². The highest BCUT2D eigenvalue weighted by Crippen LogP contribution is 1.96. The molecule has 1 aliphatic rings. The molecular weight excluding hydrogens is 181 g/mol. The number of rotatable bonds is 1. The minimum Gasteiger partial charge on any atom is -0.317 e. The van der Waals surface area contributed by atoms with E-state index >= 15 is 0 Å². The molecule has 0 aromatic carbocycles. The van der Waals surface area contributed by atoms with E-state index in [1.54, 1.807) is 6.08 Å². The van der Waals surface area contributed by atoms with Crippen molar-refractivity contribution in [3.05, 3.63) is 12.7 Å². The van der Waals surface area contributed by atoms with Gasteiger partial charge >= 0.3 is 0 Å². The molecule has 3 heteroatoms. The topological polar surface area (TPSA) is 12.0 Å². The number of nitrogens with one attached hydrogen (secondary N) is 1. The Morgan fingerprint density at radius 2 is 1.73 bits per heavy atom. The number of alkyl halides is 1. The fourth-order valence-corrected chi connectivity index (χ4v) is 0.802. The lowest BCUT2D eigenvalue weighted by atomic mass is 10.2. The molecule has 0 aromatic heterocycles. The van der Waals surface area contributed by atoms with Gasteiger partial charge < -0.3 is 5.32 Å². The van der Waals surface area contributed by atoms with Crippen LogP contribution in [-0.4, -0.2) is 19.0 Å². The van der Waals surface area contributed by atoms with Crippen LogP contribution in [0, 0.1) is 0 Å². The zero-order chi connectivity index (χ0) is 7.66. The molecule has 0 spiro atoms. The van der Waals surface area contributed by atoms with Crippen LogP contribution in [0.1, 0.15) is 19.3 Å². The molecule has 0 saturated carbocycles. The Bertz CT molecular complexity index is 61.0. The maximum atomic E-state index is 5.07. The molecule has 0 unspecified atom stereocenters. The molecule has 1 aliphatic heterocycles. The van der Waals surface area contributed by atoms with Crippen molar-refractivity contribution in [1.29, 1.82) is 0 Å². The Morgan fingerprint density at radius 3 is 1.82 bits per heavy atom. The third kappa shape index (κ3) is 13.3. The first-order valence-electron chi connectivity index (χ1n) is 3.79. The highest BCUT2D eigenvalue weighted by atomic mass is 35.5. The minimum absolute atomic E-state index is 0. The van der Waals surface area contributed by atoms with E-state index in [2.05, 4.69) is 11.9 Å². The van der Waals surface area contributed by atoms with E-state index in [9.17, 15) is 0 Å². The van der Waals surface area contributed by atoms with Crippen molar-refractivity contribution in [1.82, 2.24) is 5.32 Å². The van der Waals surface area contributed by atoms with Gasteiger partial charge in [-0.2, -0.15) is 0 Å². The summed E-state index contributed by atoms with van der Waals surface area (Å²) in [4.78, 5) is 0. The van der Waals surface area contributed by atoms with Crippen molar-refractivity contribution in [3.8, 4) is 0 Å². The van der Waals surface area contributed by atoms with Gasteiger partial charge in [-0.1, -0.05) is 12.5 Å². The van der Waals surface area contributed by atoms with E-state index in [0.717, 1.165) is 0 Å². The molecule has 1 saturated heterocycles. The molecule has 1 fully saturated rings. The summed E-state index contributed by atoms with van der Waals surface area (Å²) >= 11 is 5.07. The zero-order valence-corrected chi connectivity index (χ0v) is 8.39. The van der Waals surface area contributed by atoms with E-state index in [0.29, 0.717) is 5.88 Å². The van der Waals surface area contributed by atoms with Crippen molar-refractivity contribution in [2.45, 2.75) is 19.3 Å². The summed E-state index contributed by atoms with van der Waals surface area (Å²) in [5.41, 5.74) is 0. The van der Waals surface area contributed by atoms with Crippen molar-refractivity contribution in [3.63, 3.8) is 0 Å². The van der Waals surface area contributed by atoms with Crippen LogP contribution in [0.15, 0.2) is 12.7 Å². The zero-order valence-electron chi connectivity index (χ0n) is 6.81. The van der Waals surface area contributed by atoms with Crippen LogP contribution in [0.25, 0.3) is 0 Å². The highest BCUT2D eigenvalue weighted by molar-refractivity contribution is 6.18. The first-order chi connectivity index (χ1) is 4.91. The van der Waals surface area contributed by atoms with E-state index < -0.39 is 0 Å². The molecule has 0 aliphatic carbocycles. The molecule has 0 bridgehead atoms. The highest BCUT2D eigenvalue weighted by Gasteiger charge is 1.93. The summed E-state index contributed by atoms with van der Waals surface area (Å²) in [6.45, 7) is 5.85. The molecule has 1 heterocycles. The Morgan fingerprint density at radius 1 is 1.27 bits per heavy atom. The van der Waals surface area contributed by atoms with Gasteiger partial charge in [0.05, 0.1) is 0 Å². The van der Waals surface area contributed by atoms with E-state index in [1.807, 2.05) is 0 Å². The van der Waals surface area contributed by atoms with Gasteiger partial charge in [0.1, 0.15) is 0 Å². The summed E-state index contributed by atoms with van der Waals surface area (Å²) in [6.07, 6.45) is 5.86. The smallest absolute Gasteiger partial charge is 0.0401 e. The normalized spacial score (nSPS) is 15.4. The summed E-state index contributed by atoms with van der Waals surface area (Å²) in [5.74, 6) is 0.556. The van der Waals surface area contributed by atoms with Crippen LogP contribution < -0.4 is 5.32 Å². The van der Waals surface area contributed by atoms with Gasteiger partial charge in [-0.05, 0) is 25.9 Å². The molecule has 11 heavy (non-hydrogen) atoms. The quantitative estimate of drug-likeness (QED) is 0.504. The second-order valence-electron chi connectivity index (χ2n) is 2.25. The van der Waals surface area contributed by atoms with Gasteiger partial charge in [0, 0.05) is 5.88 Å². The second kappa shape index (κ2) is 12.9. The maximum absolute atomic E-state index is 5.07. The van der Waals surface area contributed by atoms with Gasteiger partial charge in [0.15, 0.2) is 0 Å². The van der Waals surface area contributed by atoms with E-state index in [4.69, 9.17) is 11.6 Å². The fourth-order valence-electron chi connectivity index (χ4n) is 0.802. The molecule has 68 valence electrons. The number of hydrogen-bond acceptors (Lipinski definition) is 1. The molecule has 1 N–H and O–H groups in total. The Hall–Kier alpha value is 0.280. The molecule has 0 aromatic rings. The van der Waals surface area contributed by atoms with Crippen LogP contribution in [0.2, 0.25) is 0 Å². The largest absolute Gasteiger partial charge is 0.317 e. The molecule has 0 amide bonds. The average molecular weight is 198 g/mol.